The van der Waals surface area contributed by atoms with E-state index in [1.165, 1.54) is 12.1 Å². The van der Waals surface area contributed by atoms with Crippen molar-refractivity contribution in [1.29, 1.82) is 0 Å². The fourth-order valence-corrected chi connectivity index (χ4v) is 1.34. The van der Waals surface area contributed by atoms with Crippen LogP contribution in [0.3, 0.4) is 0 Å². The third-order valence-electron chi connectivity index (χ3n) is 1.77. The van der Waals surface area contributed by atoms with Crippen LogP contribution in [0.25, 0.3) is 0 Å². The largest absolute Gasteiger partial charge is 0.491 e. The number of carbonyl (C=O) groups excluding carboxylic acids is 1. The van der Waals surface area contributed by atoms with Gasteiger partial charge in [0.05, 0.1) is 11.1 Å². The lowest BCUT2D eigenvalue weighted by atomic mass is 10.1. The topological polar surface area (TPSA) is 26.3 Å². The van der Waals surface area contributed by atoms with Crippen LogP contribution in [-0.2, 0) is 11.2 Å². The molecule has 0 N–H and O–H groups in total. The van der Waals surface area contributed by atoms with Crippen LogP contribution in [0.5, 0.6) is 5.75 Å². The van der Waals surface area contributed by atoms with Crippen molar-refractivity contribution in [2.75, 3.05) is 0 Å². The summed E-state index contributed by atoms with van der Waals surface area (Å²) < 4.78 is 18.5. The average Bonchev–Trinajstić information content (AvgIpc) is 2.13. The number of hydrogen-bond acceptors (Lipinski definition) is 2. The number of aldehydes is 1. The quantitative estimate of drug-likeness (QED) is 0.744. The summed E-state index contributed by atoms with van der Waals surface area (Å²) in [4.78, 5) is 10.4. The Balaban J connectivity index is 3.09. The fraction of sp³-hybridized carbons (Fsp3) is 0.364. The van der Waals surface area contributed by atoms with Gasteiger partial charge in [-0.1, -0.05) is 11.6 Å². The van der Waals surface area contributed by atoms with Crippen molar-refractivity contribution in [3.63, 3.8) is 0 Å². The first-order chi connectivity index (χ1) is 7.04. The van der Waals surface area contributed by atoms with Gasteiger partial charge in [0.25, 0.3) is 0 Å². The lowest BCUT2D eigenvalue weighted by Crippen LogP contribution is -2.08. The molecule has 0 aliphatic carbocycles. The molecule has 1 aromatic rings. The van der Waals surface area contributed by atoms with E-state index in [-0.39, 0.29) is 17.5 Å². The van der Waals surface area contributed by atoms with E-state index < -0.39 is 5.82 Å². The Morgan fingerprint density at radius 3 is 2.73 bits per heavy atom. The monoisotopic (exact) mass is 230 g/mol. The lowest BCUT2D eigenvalue weighted by Gasteiger charge is -2.13. The van der Waals surface area contributed by atoms with E-state index in [0.717, 1.165) is 0 Å². The van der Waals surface area contributed by atoms with Crippen molar-refractivity contribution in [2.24, 2.45) is 0 Å². The summed E-state index contributed by atoms with van der Waals surface area (Å²) in [7, 11) is 0. The van der Waals surface area contributed by atoms with Gasteiger partial charge in [0.1, 0.15) is 17.9 Å². The molecule has 0 radical (unpaired) electrons. The van der Waals surface area contributed by atoms with Gasteiger partial charge in [-0.15, -0.1) is 0 Å². The van der Waals surface area contributed by atoms with E-state index in [1.807, 2.05) is 13.8 Å². The van der Waals surface area contributed by atoms with Gasteiger partial charge < -0.3 is 9.53 Å². The van der Waals surface area contributed by atoms with Gasteiger partial charge in [-0.2, -0.15) is 0 Å². The van der Waals surface area contributed by atoms with Crippen molar-refractivity contribution in [3.05, 3.63) is 28.5 Å². The standard InChI is InChI=1S/C11H12ClFO2/c1-7(2)15-11-6-9(12)10(13)5-8(11)3-4-14/h4-7H,3H2,1-2H3. The second-order valence-corrected chi connectivity index (χ2v) is 3.82. The molecule has 0 heterocycles. The zero-order chi connectivity index (χ0) is 11.4. The second kappa shape index (κ2) is 5.12. The number of carbonyl (C=O) groups is 1. The molecule has 0 aliphatic rings. The summed E-state index contributed by atoms with van der Waals surface area (Å²) in [5.41, 5.74) is 0.514. The summed E-state index contributed by atoms with van der Waals surface area (Å²) in [5, 5.41) is 0.000277. The van der Waals surface area contributed by atoms with E-state index in [1.54, 1.807) is 0 Å². The maximum Gasteiger partial charge on any atom is 0.142 e. The summed E-state index contributed by atoms with van der Waals surface area (Å²) in [6.07, 6.45) is 0.781. The van der Waals surface area contributed by atoms with Crippen LogP contribution < -0.4 is 4.74 Å². The van der Waals surface area contributed by atoms with Crippen molar-refractivity contribution in [1.82, 2.24) is 0 Å². The highest BCUT2D eigenvalue weighted by Crippen LogP contribution is 2.27. The average molecular weight is 231 g/mol. The Labute approximate surface area is 93.0 Å². The molecule has 1 aromatic carbocycles. The molecule has 0 fully saturated rings. The van der Waals surface area contributed by atoms with E-state index in [2.05, 4.69) is 0 Å². The first-order valence-corrected chi connectivity index (χ1v) is 5.00. The zero-order valence-electron chi connectivity index (χ0n) is 8.59. The molecule has 0 saturated carbocycles. The normalized spacial score (nSPS) is 10.5. The molecule has 0 unspecified atom stereocenters. The highest BCUT2D eigenvalue weighted by molar-refractivity contribution is 6.30. The van der Waals surface area contributed by atoms with Crippen LogP contribution >= 0.6 is 11.6 Å². The van der Waals surface area contributed by atoms with E-state index in [9.17, 15) is 9.18 Å². The Kier molecular flexibility index (Phi) is 4.09. The lowest BCUT2D eigenvalue weighted by molar-refractivity contribution is -0.107. The van der Waals surface area contributed by atoms with Crippen LogP contribution in [0.4, 0.5) is 4.39 Å². The van der Waals surface area contributed by atoms with E-state index >= 15 is 0 Å². The zero-order valence-corrected chi connectivity index (χ0v) is 9.34. The number of benzene rings is 1. The molecule has 0 aromatic heterocycles. The molecule has 0 spiro atoms. The minimum Gasteiger partial charge on any atom is -0.491 e. The van der Waals surface area contributed by atoms with Gasteiger partial charge in [-0.05, 0) is 19.9 Å². The Morgan fingerprint density at radius 2 is 2.20 bits per heavy atom. The van der Waals surface area contributed by atoms with Crippen LogP contribution in [0.1, 0.15) is 19.4 Å². The van der Waals surface area contributed by atoms with Crippen LogP contribution in [-0.4, -0.2) is 12.4 Å². The number of rotatable bonds is 4. The fourth-order valence-electron chi connectivity index (χ4n) is 1.18. The van der Waals surface area contributed by atoms with Gasteiger partial charge in [-0.25, -0.2) is 4.39 Å². The Bertz CT molecular complexity index is 364. The van der Waals surface area contributed by atoms with Crippen molar-refractivity contribution in [3.8, 4) is 5.75 Å². The van der Waals surface area contributed by atoms with Crippen LogP contribution in [0.15, 0.2) is 12.1 Å². The third kappa shape index (κ3) is 3.20. The molecular weight excluding hydrogens is 219 g/mol. The summed E-state index contributed by atoms with van der Waals surface area (Å²) >= 11 is 5.63. The molecular formula is C11H12ClFO2. The van der Waals surface area contributed by atoms with Gasteiger partial charge >= 0.3 is 0 Å². The van der Waals surface area contributed by atoms with Crippen molar-refractivity contribution >= 4 is 17.9 Å². The molecule has 82 valence electrons. The predicted octanol–water partition coefficient (Wildman–Crippen LogP) is 3.01. The molecule has 4 heteroatoms. The highest BCUT2D eigenvalue weighted by Gasteiger charge is 2.10. The molecule has 0 amide bonds. The van der Waals surface area contributed by atoms with E-state index in [4.69, 9.17) is 16.3 Å². The molecule has 15 heavy (non-hydrogen) atoms. The van der Waals surface area contributed by atoms with Gasteiger partial charge in [-0.3, -0.25) is 0 Å². The van der Waals surface area contributed by atoms with Crippen LogP contribution in [0.2, 0.25) is 5.02 Å². The third-order valence-corrected chi connectivity index (χ3v) is 2.06. The van der Waals surface area contributed by atoms with Crippen molar-refractivity contribution < 1.29 is 13.9 Å². The maximum atomic E-state index is 13.1. The molecule has 1 rings (SSSR count). The van der Waals surface area contributed by atoms with Crippen molar-refractivity contribution in [2.45, 2.75) is 26.4 Å². The summed E-state index contributed by atoms with van der Waals surface area (Å²) in [5.74, 6) is -0.0758. The minimum absolute atomic E-state index is 0.000277. The van der Waals surface area contributed by atoms with Gasteiger partial charge in [0.2, 0.25) is 0 Å². The second-order valence-electron chi connectivity index (χ2n) is 3.41. The minimum atomic E-state index is -0.537. The smallest absolute Gasteiger partial charge is 0.142 e. The Morgan fingerprint density at radius 1 is 1.53 bits per heavy atom. The van der Waals surface area contributed by atoms with Gasteiger partial charge in [0, 0.05) is 18.1 Å². The first-order valence-electron chi connectivity index (χ1n) is 4.62. The summed E-state index contributed by atoms with van der Waals surface area (Å²) in [6.45, 7) is 3.70. The number of halogens is 2. The van der Waals surface area contributed by atoms with Crippen LogP contribution in [0, 0.1) is 5.82 Å². The predicted molar refractivity (Wildman–Crippen MR) is 56.9 cm³/mol. The highest BCUT2D eigenvalue weighted by atomic mass is 35.5. The number of hydrogen-bond donors (Lipinski definition) is 0. The van der Waals surface area contributed by atoms with Gasteiger partial charge in [0.15, 0.2) is 0 Å². The van der Waals surface area contributed by atoms with E-state index in [0.29, 0.717) is 17.6 Å². The molecule has 0 atom stereocenters. The Hall–Kier alpha value is -1.09. The molecule has 0 aliphatic heterocycles. The molecule has 0 saturated heterocycles. The maximum absolute atomic E-state index is 13.1. The SMILES string of the molecule is CC(C)Oc1cc(Cl)c(F)cc1CC=O. The first kappa shape index (κ1) is 12.0. The summed E-state index contributed by atoms with van der Waals surface area (Å²) in [6, 6.07) is 2.63. The molecule has 0 bridgehead atoms. The molecule has 2 nitrogen and oxygen atoms in total. The number of ether oxygens (including phenoxy) is 1.